The molecule has 4 rings (SSSR count). The Morgan fingerprint density at radius 2 is 1.95 bits per heavy atom. The van der Waals surface area contributed by atoms with E-state index in [4.69, 9.17) is 9.47 Å². The first-order valence-corrected chi connectivity index (χ1v) is 14.4. The van der Waals surface area contributed by atoms with Crippen LogP contribution in [0.1, 0.15) is 63.0 Å². The molecule has 39 heavy (non-hydrogen) atoms. The maximum atomic E-state index is 13.0. The van der Waals surface area contributed by atoms with Crippen LogP contribution in [0.2, 0.25) is 0 Å². The molecule has 6 nitrogen and oxygen atoms in total. The van der Waals surface area contributed by atoms with Crippen molar-refractivity contribution in [3.8, 4) is 5.75 Å². The summed E-state index contributed by atoms with van der Waals surface area (Å²) in [7, 11) is 1.79. The van der Waals surface area contributed by atoms with Crippen molar-refractivity contribution in [2.24, 2.45) is 5.92 Å². The fraction of sp³-hybridized carbons (Fsp3) is 0.515. The third-order valence-electron chi connectivity index (χ3n) is 8.55. The van der Waals surface area contributed by atoms with Gasteiger partial charge in [0.05, 0.1) is 6.10 Å². The number of carbonyl (C=O) groups excluding carboxylic acids is 2. The lowest BCUT2D eigenvalue weighted by Gasteiger charge is -2.55. The first-order valence-electron chi connectivity index (χ1n) is 14.4. The zero-order valence-corrected chi connectivity index (χ0v) is 23.6. The second kappa shape index (κ2) is 13.9. The molecular formula is C33H44N2O4. The number of piperidine rings is 1. The Kier molecular flexibility index (Phi) is 10.4. The summed E-state index contributed by atoms with van der Waals surface area (Å²) in [4.78, 5) is 27.1. The number of hydrogen-bond donors (Lipinski definition) is 1. The van der Waals surface area contributed by atoms with Crippen LogP contribution in [0.3, 0.4) is 0 Å². The van der Waals surface area contributed by atoms with Crippen molar-refractivity contribution in [2.75, 3.05) is 26.7 Å². The van der Waals surface area contributed by atoms with Crippen LogP contribution in [0.5, 0.6) is 5.75 Å². The predicted octanol–water partition coefficient (Wildman–Crippen LogP) is 5.45. The monoisotopic (exact) mass is 532 g/mol. The van der Waals surface area contributed by atoms with Crippen LogP contribution in [-0.4, -0.2) is 55.7 Å². The summed E-state index contributed by atoms with van der Waals surface area (Å²) in [6, 6.07) is 18.5. The second-order valence-electron chi connectivity index (χ2n) is 11.2. The third-order valence-corrected chi connectivity index (χ3v) is 8.55. The summed E-state index contributed by atoms with van der Waals surface area (Å²) >= 11 is 0. The predicted molar refractivity (Wildman–Crippen MR) is 155 cm³/mol. The summed E-state index contributed by atoms with van der Waals surface area (Å²) < 4.78 is 11.6. The van der Waals surface area contributed by atoms with E-state index in [1.807, 2.05) is 30.3 Å². The zero-order valence-electron chi connectivity index (χ0n) is 23.6. The van der Waals surface area contributed by atoms with E-state index in [1.54, 1.807) is 7.11 Å². The summed E-state index contributed by atoms with van der Waals surface area (Å²) in [6.07, 6.45) is 9.21. The van der Waals surface area contributed by atoms with Crippen LogP contribution >= 0.6 is 0 Å². The molecule has 4 atom stereocenters. The lowest BCUT2D eigenvalue weighted by Crippen LogP contribution is -2.61. The molecule has 1 saturated heterocycles. The number of benzene rings is 2. The highest BCUT2D eigenvalue weighted by atomic mass is 16.5. The average Bonchev–Trinajstić information content (AvgIpc) is 2.93. The Hall–Kier alpha value is -2.96. The maximum absolute atomic E-state index is 13.0. The van der Waals surface area contributed by atoms with Crippen LogP contribution in [0, 0.1) is 5.92 Å². The van der Waals surface area contributed by atoms with E-state index in [-0.39, 0.29) is 35.4 Å². The molecular weight excluding hydrogens is 488 g/mol. The van der Waals surface area contributed by atoms with Crippen molar-refractivity contribution in [2.45, 2.75) is 75.9 Å². The number of methoxy groups -OCH3 is 1. The molecule has 2 aliphatic rings. The number of amides is 1. The van der Waals surface area contributed by atoms with Gasteiger partial charge in [-0.1, -0.05) is 55.0 Å². The number of likely N-dealkylation sites (tertiary alicyclic amines) is 1. The average molecular weight is 533 g/mol. The summed E-state index contributed by atoms with van der Waals surface area (Å²) in [5.41, 5.74) is 2.33. The van der Waals surface area contributed by atoms with Crippen molar-refractivity contribution in [1.29, 1.82) is 0 Å². The molecule has 0 spiro atoms. The van der Waals surface area contributed by atoms with Gasteiger partial charge in [0.25, 0.3) is 0 Å². The van der Waals surface area contributed by atoms with Crippen LogP contribution in [0.25, 0.3) is 0 Å². The number of nitrogens with one attached hydrogen (secondary N) is 1. The van der Waals surface area contributed by atoms with Gasteiger partial charge in [-0.3, -0.25) is 14.5 Å². The summed E-state index contributed by atoms with van der Waals surface area (Å²) in [6.45, 7) is 8.07. The minimum atomic E-state index is -0.325. The van der Waals surface area contributed by atoms with Gasteiger partial charge in [-0.05, 0) is 68.3 Å². The first kappa shape index (κ1) is 29.0. The Labute approximate surface area is 233 Å². The lowest BCUT2D eigenvalue weighted by molar-refractivity contribution is -0.132. The Bertz CT molecular complexity index is 1100. The molecule has 1 unspecified atom stereocenters. The smallest absolute Gasteiger partial charge is 0.308 e. The van der Waals surface area contributed by atoms with Crippen molar-refractivity contribution < 1.29 is 19.1 Å². The standard InChI is InChI=1S/C33H44N2O4/c1-4-19-35-20-18-33(27-15-11-16-29(21-27)39-25(2)36)23-28(22-31(38-3)30(33)24-35)34-32(37)17-10-6-9-14-26-12-7-5-8-13-26/h4-5,7-8,11-13,15-16,21,28,30-31H,1,6,9-10,14,17-20,22-24H2,2-3H3,(H,34,37)/t28-,30-,31?,33-/m0/s1. The largest absolute Gasteiger partial charge is 0.427 e. The van der Waals surface area contributed by atoms with Crippen molar-refractivity contribution in [3.05, 3.63) is 78.4 Å². The van der Waals surface area contributed by atoms with Gasteiger partial charge in [-0.2, -0.15) is 0 Å². The van der Waals surface area contributed by atoms with Gasteiger partial charge >= 0.3 is 5.97 Å². The number of carbonyl (C=O) groups is 2. The van der Waals surface area contributed by atoms with Gasteiger partial charge in [-0.25, -0.2) is 0 Å². The maximum Gasteiger partial charge on any atom is 0.308 e. The Balaban J connectivity index is 1.44. The first-order chi connectivity index (χ1) is 18.9. The minimum Gasteiger partial charge on any atom is -0.427 e. The van der Waals surface area contributed by atoms with Crippen molar-refractivity contribution in [3.63, 3.8) is 0 Å². The Morgan fingerprint density at radius 1 is 1.13 bits per heavy atom. The molecule has 210 valence electrons. The van der Waals surface area contributed by atoms with Gasteiger partial charge in [0.2, 0.25) is 5.91 Å². The van der Waals surface area contributed by atoms with E-state index in [1.165, 1.54) is 12.5 Å². The molecule has 2 aromatic rings. The number of rotatable bonds is 12. The third kappa shape index (κ3) is 7.58. The molecule has 1 heterocycles. The number of hydrogen-bond acceptors (Lipinski definition) is 5. The molecule has 2 fully saturated rings. The molecule has 1 aliphatic carbocycles. The fourth-order valence-corrected chi connectivity index (χ4v) is 6.75. The van der Waals surface area contributed by atoms with Crippen LogP contribution in [0.15, 0.2) is 67.3 Å². The van der Waals surface area contributed by atoms with E-state index < -0.39 is 0 Å². The highest BCUT2D eigenvalue weighted by Gasteiger charge is 2.52. The molecule has 1 amide bonds. The quantitative estimate of drug-likeness (QED) is 0.170. The van der Waals surface area contributed by atoms with Crippen molar-refractivity contribution >= 4 is 11.9 Å². The summed E-state index contributed by atoms with van der Waals surface area (Å²) in [5, 5.41) is 3.37. The van der Waals surface area contributed by atoms with Gasteiger partial charge < -0.3 is 14.8 Å². The molecule has 1 N–H and O–H groups in total. The minimum absolute atomic E-state index is 0.0138. The van der Waals surface area contributed by atoms with E-state index in [0.717, 1.165) is 70.1 Å². The number of fused-ring (bicyclic) bond motifs is 1. The van der Waals surface area contributed by atoms with E-state index in [2.05, 4.69) is 47.1 Å². The van der Waals surface area contributed by atoms with Crippen LogP contribution < -0.4 is 10.1 Å². The second-order valence-corrected chi connectivity index (χ2v) is 11.2. The van der Waals surface area contributed by atoms with E-state index in [9.17, 15) is 9.59 Å². The van der Waals surface area contributed by atoms with E-state index in [0.29, 0.717) is 12.2 Å². The van der Waals surface area contributed by atoms with Crippen LogP contribution in [0.4, 0.5) is 0 Å². The molecule has 0 aromatic heterocycles. The fourth-order valence-electron chi connectivity index (χ4n) is 6.75. The Morgan fingerprint density at radius 3 is 2.69 bits per heavy atom. The van der Waals surface area contributed by atoms with Gasteiger partial charge in [0.1, 0.15) is 5.75 Å². The zero-order chi connectivity index (χ0) is 27.7. The number of nitrogens with zero attached hydrogens (tertiary/aromatic N) is 1. The SMILES string of the molecule is C=CCN1CC[C@@]2(c3cccc(OC(C)=O)c3)C[C@@H](NC(=O)CCCCCc3ccccc3)CC(OC)[C@@H]2C1. The highest BCUT2D eigenvalue weighted by Crippen LogP contribution is 2.50. The number of esters is 1. The number of aryl methyl sites for hydroxylation is 1. The van der Waals surface area contributed by atoms with Gasteiger partial charge in [0, 0.05) is 50.9 Å². The molecule has 2 aromatic carbocycles. The van der Waals surface area contributed by atoms with Crippen LogP contribution in [-0.2, 0) is 26.2 Å². The molecule has 1 saturated carbocycles. The number of ether oxygens (including phenoxy) is 2. The molecule has 0 radical (unpaired) electrons. The molecule has 1 aliphatic heterocycles. The summed E-state index contributed by atoms with van der Waals surface area (Å²) in [5.74, 6) is 0.627. The van der Waals surface area contributed by atoms with Gasteiger partial charge in [-0.15, -0.1) is 6.58 Å². The van der Waals surface area contributed by atoms with Gasteiger partial charge in [0.15, 0.2) is 0 Å². The molecule has 6 heteroatoms. The number of unbranched alkanes of at least 4 members (excludes halogenated alkanes) is 2. The van der Waals surface area contributed by atoms with Crippen molar-refractivity contribution in [1.82, 2.24) is 10.2 Å². The van der Waals surface area contributed by atoms with E-state index >= 15 is 0 Å². The topological polar surface area (TPSA) is 67.9 Å². The highest BCUT2D eigenvalue weighted by molar-refractivity contribution is 5.76. The molecule has 0 bridgehead atoms. The lowest BCUT2D eigenvalue weighted by atomic mass is 9.57. The normalized spacial score (nSPS) is 24.9.